The number of nitrogens with zero attached hydrogens (tertiary/aromatic N) is 2. The number of hydrogen-bond donors (Lipinski definition) is 1. The molecule has 0 aliphatic carbocycles. The van der Waals surface area contributed by atoms with Crippen LogP contribution in [0.3, 0.4) is 0 Å². The van der Waals surface area contributed by atoms with Crippen molar-refractivity contribution in [1.82, 2.24) is 9.97 Å². The second kappa shape index (κ2) is 8.97. The van der Waals surface area contributed by atoms with E-state index in [1.165, 1.54) is 12.4 Å². The third kappa shape index (κ3) is 4.95. The molecule has 0 saturated carbocycles. The highest BCUT2D eigenvalue weighted by Gasteiger charge is 2.24. The van der Waals surface area contributed by atoms with E-state index in [0.29, 0.717) is 32.5 Å². The van der Waals surface area contributed by atoms with Crippen LogP contribution in [0.15, 0.2) is 55.1 Å². The summed E-state index contributed by atoms with van der Waals surface area (Å²) in [6.07, 6.45) is 8.60. The van der Waals surface area contributed by atoms with Crippen LogP contribution >= 0.6 is 34.8 Å². The standard InChI is InChI=1S/C14H8Cl2N2O.C6H4ClNO/c15-9-1-2-11-12(14(19)18-13(11)5-9)4-8-3-10(16)7-17-6-8;7-6-1-5(4-9)2-8-3-6/h1-7H,(H,18,19);1-4H. The van der Waals surface area contributed by atoms with E-state index in [-0.39, 0.29) is 5.91 Å². The van der Waals surface area contributed by atoms with E-state index >= 15 is 0 Å². The Morgan fingerprint density at radius 1 is 0.821 bits per heavy atom. The molecule has 140 valence electrons. The zero-order valence-electron chi connectivity index (χ0n) is 14.2. The van der Waals surface area contributed by atoms with Gasteiger partial charge in [-0.25, -0.2) is 0 Å². The van der Waals surface area contributed by atoms with Gasteiger partial charge >= 0.3 is 0 Å². The summed E-state index contributed by atoms with van der Waals surface area (Å²) in [5.41, 5.74) is 3.41. The quantitative estimate of drug-likeness (QED) is 0.433. The lowest BCUT2D eigenvalue weighted by atomic mass is 10.0. The third-order valence-electron chi connectivity index (χ3n) is 3.66. The van der Waals surface area contributed by atoms with Crippen LogP contribution in [0.1, 0.15) is 21.5 Å². The summed E-state index contributed by atoms with van der Waals surface area (Å²) in [4.78, 5) is 29.7. The largest absolute Gasteiger partial charge is 0.321 e. The second-order valence-corrected chi connectivity index (χ2v) is 7.00. The SMILES string of the molecule is O=C1Nc2cc(Cl)ccc2C1=Cc1cncc(Cl)c1.O=Cc1cncc(Cl)c1. The van der Waals surface area contributed by atoms with Crippen molar-refractivity contribution < 1.29 is 9.59 Å². The monoisotopic (exact) mass is 431 g/mol. The summed E-state index contributed by atoms with van der Waals surface area (Å²) >= 11 is 17.3. The highest BCUT2D eigenvalue weighted by atomic mass is 35.5. The molecule has 0 saturated heterocycles. The number of aromatic nitrogens is 2. The van der Waals surface area contributed by atoms with Gasteiger partial charge in [0.25, 0.3) is 5.91 Å². The third-order valence-corrected chi connectivity index (χ3v) is 4.31. The van der Waals surface area contributed by atoms with Gasteiger partial charge in [-0.1, -0.05) is 40.9 Å². The first kappa shape index (κ1) is 20.0. The van der Waals surface area contributed by atoms with Crippen LogP contribution in [0, 0.1) is 0 Å². The molecule has 1 N–H and O–H groups in total. The molecular weight excluding hydrogens is 421 g/mol. The number of amides is 1. The topological polar surface area (TPSA) is 72.0 Å². The number of halogens is 3. The average Bonchev–Trinajstić information content (AvgIpc) is 2.96. The van der Waals surface area contributed by atoms with Crippen LogP contribution in [0.2, 0.25) is 15.1 Å². The van der Waals surface area contributed by atoms with E-state index in [0.717, 1.165) is 16.8 Å². The van der Waals surface area contributed by atoms with Crippen molar-refractivity contribution in [1.29, 1.82) is 0 Å². The Labute approximate surface area is 176 Å². The van der Waals surface area contributed by atoms with Crippen molar-refractivity contribution in [3.05, 3.63) is 86.9 Å². The van der Waals surface area contributed by atoms with Gasteiger partial charge in [-0.3, -0.25) is 19.6 Å². The highest BCUT2D eigenvalue weighted by molar-refractivity contribution is 6.36. The molecule has 2 aromatic heterocycles. The molecule has 4 rings (SSSR count). The molecule has 1 aliphatic heterocycles. The predicted molar refractivity (Wildman–Crippen MR) is 112 cm³/mol. The molecule has 8 heteroatoms. The van der Waals surface area contributed by atoms with Crippen molar-refractivity contribution in [2.75, 3.05) is 5.32 Å². The van der Waals surface area contributed by atoms with Gasteiger partial charge < -0.3 is 5.32 Å². The molecular formula is C20H12Cl3N3O2. The molecule has 1 aliphatic rings. The number of carbonyl (C=O) groups is 2. The minimum atomic E-state index is -0.155. The van der Waals surface area contributed by atoms with Crippen LogP contribution in [0.25, 0.3) is 11.6 Å². The molecule has 5 nitrogen and oxygen atoms in total. The van der Waals surface area contributed by atoms with Crippen molar-refractivity contribution >= 4 is 64.3 Å². The molecule has 0 unspecified atom stereocenters. The van der Waals surface area contributed by atoms with Gasteiger partial charge in [0, 0.05) is 46.5 Å². The first-order valence-corrected chi connectivity index (χ1v) is 9.09. The molecule has 28 heavy (non-hydrogen) atoms. The lowest BCUT2D eigenvalue weighted by Crippen LogP contribution is -2.03. The molecule has 0 radical (unpaired) electrons. The summed E-state index contributed by atoms with van der Waals surface area (Å²) in [5, 5.41) is 4.38. The maximum absolute atomic E-state index is 12.0. The minimum Gasteiger partial charge on any atom is -0.321 e. The van der Waals surface area contributed by atoms with Gasteiger partial charge in [-0.05, 0) is 35.9 Å². The number of pyridine rings is 2. The van der Waals surface area contributed by atoms with Crippen LogP contribution < -0.4 is 5.32 Å². The number of carbonyl (C=O) groups excluding carboxylic acids is 2. The van der Waals surface area contributed by atoms with Gasteiger partial charge in [0.05, 0.1) is 15.7 Å². The Kier molecular flexibility index (Phi) is 6.41. The smallest absolute Gasteiger partial charge is 0.256 e. The molecule has 3 heterocycles. The summed E-state index contributed by atoms with van der Waals surface area (Å²) in [5.74, 6) is -0.155. The molecule has 0 fully saturated rings. The predicted octanol–water partition coefficient (Wildman–Crippen LogP) is 5.43. The Morgan fingerprint density at radius 3 is 2.07 bits per heavy atom. The van der Waals surface area contributed by atoms with Crippen LogP contribution in [0.4, 0.5) is 5.69 Å². The van der Waals surface area contributed by atoms with Crippen molar-refractivity contribution in [2.24, 2.45) is 0 Å². The van der Waals surface area contributed by atoms with E-state index in [2.05, 4.69) is 15.3 Å². The number of rotatable bonds is 2. The van der Waals surface area contributed by atoms with E-state index < -0.39 is 0 Å². The van der Waals surface area contributed by atoms with Gasteiger partial charge in [0.1, 0.15) is 0 Å². The Balaban J connectivity index is 0.000000211. The fourth-order valence-corrected chi connectivity index (χ4v) is 3.01. The Morgan fingerprint density at radius 2 is 1.46 bits per heavy atom. The maximum Gasteiger partial charge on any atom is 0.256 e. The number of fused-ring (bicyclic) bond motifs is 1. The Bertz CT molecular complexity index is 1080. The number of nitrogens with one attached hydrogen (secondary N) is 1. The lowest BCUT2D eigenvalue weighted by molar-refractivity contribution is -0.110. The first-order chi connectivity index (χ1) is 13.5. The van der Waals surface area contributed by atoms with Gasteiger partial charge in [-0.15, -0.1) is 0 Å². The van der Waals surface area contributed by atoms with Gasteiger partial charge in [0.15, 0.2) is 6.29 Å². The average molecular weight is 433 g/mol. The molecule has 1 aromatic carbocycles. The maximum atomic E-state index is 12.0. The summed E-state index contributed by atoms with van der Waals surface area (Å²) < 4.78 is 0. The first-order valence-electron chi connectivity index (χ1n) is 7.95. The number of hydrogen-bond acceptors (Lipinski definition) is 4. The number of anilines is 1. The van der Waals surface area contributed by atoms with E-state index in [1.807, 2.05) is 6.07 Å². The lowest BCUT2D eigenvalue weighted by Gasteiger charge is -1.99. The van der Waals surface area contributed by atoms with E-state index in [1.54, 1.807) is 42.7 Å². The number of aldehydes is 1. The minimum absolute atomic E-state index is 0.155. The summed E-state index contributed by atoms with van der Waals surface area (Å²) in [6, 6.07) is 8.61. The molecule has 1 amide bonds. The normalized spacial score (nSPS) is 13.4. The summed E-state index contributed by atoms with van der Waals surface area (Å²) in [7, 11) is 0. The summed E-state index contributed by atoms with van der Waals surface area (Å²) in [6.45, 7) is 0. The molecule has 3 aromatic rings. The molecule has 0 spiro atoms. The van der Waals surface area contributed by atoms with Gasteiger partial charge in [-0.2, -0.15) is 0 Å². The van der Waals surface area contributed by atoms with Crippen LogP contribution in [0.5, 0.6) is 0 Å². The van der Waals surface area contributed by atoms with E-state index in [9.17, 15) is 9.59 Å². The van der Waals surface area contributed by atoms with E-state index in [4.69, 9.17) is 34.8 Å². The van der Waals surface area contributed by atoms with Crippen molar-refractivity contribution in [3.63, 3.8) is 0 Å². The molecule has 0 atom stereocenters. The van der Waals surface area contributed by atoms with Crippen molar-refractivity contribution in [3.8, 4) is 0 Å². The zero-order valence-corrected chi connectivity index (χ0v) is 16.5. The highest BCUT2D eigenvalue weighted by Crippen LogP contribution is 2.34. The fraction of sp³-hybridized carbons (Fsp3) is 0. The number of benzene rings is 1. The zero-order chi connectivity index (χ0) is 20.1. The molecule has 0 bridgehead atoms. The fourth-order valence-electron chi connectivity index (χ4n) is 2.48. The van der Waals surface area contributed by atoms with Crippen molar-refractivity contribution in [2.45, 2.75) is 0 Å². The van der Waals surface area contributed by atoms with Crippen LogP contribution in [-0.2, 0) is 4.79 Å². The second-order valence-electron chi connectivity index (χ2n) is 5.69. The van der Waals surface area contributed by atoms with Gasteiger partial charge in [0.2, 0.25) is 0 Å². The van der Waals surface area contributed by atoms with Crippen LogP contribution in [-0.4, -0.2) is 22.2 Å². The Hall–Kier alpha value is -2.73.